The van der Waals surface area contributed by atoms with Crippen LogP contribution in [0.2, 0.25) is 0 Å². The Bertz CT molecular complexity index is 428. The lowest BCUT2D eigenvalue weighted by atomic mass is 10.1. The summed E-state index contributed by atoms with van der Waals surface area (Å²) in [6, 6.07) is 1.77. The van der Waals surface area contributed by atoms with Gasteiger partial charge in [0.15, 0.2) is 5.69 Å². The van der Waals surface area contributed by atoms with Crippen LogP contribution >= 0.6 is 0 Å². The molecule has 1 fully saturated rings. The summed E-state index contributed by atoms with van der Waals surface area (Å²) in [5, 5.41) is 10.9. The molecule has 0 bridgehead atoms. The van der Waals surface area contributed by atoms with E-state index in [2.05, 4.69) is 20.3 Å². The number of hydrogen-bond donors (Lipinski definition) is 1. The Morgan fingerprint density at radius 3 is 2.93 bits per heavy atom. The summed E-state index contributed by atoms with van der Waals surface area (Å²) in [5.74, 6) is 2.18. The molecular formula is C10H12N4O. The van der Waals surface area contributed by atoms with Crippen molar-refractivity contribution in [3.63, 3.8) is 0 Å². The van der Waals surface area contributed by atoms with Crippen molar-refractivity contribution in [3.8, 4) is 11.5 Å². The summed E-state index contributed by atoms with van der Waals surface area (Å²) in [6.45, 7) is 0. The number of rotatable bonds is 2. The lowest BCUT2D eigenvalue weighted by Crippen LogP contribution is -1.94. The van der Waals surface area contributed by atoms with Crippen LogP contribution in [-0.4, -0.2) is 20.3 Å². The van der Waals surface area contributed by atoms with Gasteiger partial charge in [-0.3, -0.25) is 5.10 Å². The monoisotopic (exact) mass is 204 g/mol. The third-order valence-corrected chi connectivity index (χ3v) is 2.91. The molecule has 0 spiro atoms. The molecule has 0 saturated heterocycles. The molecule has 0 radical (unpaired) electrons. The molecule has 15 heavy (non-hydrogen) atoms. The van der Waals surface area contributed by atoms with Gasteiger partial charge in [0.05, 0.1) is 0 Å². The lowest BCUT2D eigenvalue weighted by molar-refractivity contribution is 0.422. The summed E-state index contributed by atoms with van der Waals surface area (Å²) >= 11 is 0. The average molecular weight is 204 g/mol. The molecule has 1 saturated carbocycles. The zero-order chi connectivity index (χ0) is 10.1. The van der Waals surface area contributed by atoms with E-state index in [9.17, 15) is 0 Å². The molecule has 2 heterocycles. The van der Waals surface area contributed by atoms with Gasteiger partial charge in [-0.2, -0.15) is 5.10 Å². The predicted octanol–water partition coefficient (Wildman–Crippen LogP) is 2.12. The van der Waals surface area contributed by atoms with Crippen LogP contribution in [0.1, 0.15) is 37.4 Å². The quantitative estimate of drug-likeness (QED) is 0.813. The third-order valence-electron chi connectivity index (χ3n) is 2.91. The molecule has 1 N–H and O–H groups in total. The Hall–Kier alpha value is -1.65. The van der Waals surface area contributed by atoms with Gasteiger partial charge < -0.3 is 4.52 Å². The Balaban J connectivity index is 1.87. The van der Waals surface area contributed by atoms with Crippen molar-refractivity contribution in [2.75, 3.05) is 0 Å². The predicted molar refractivity (Wildman–Crippen MR) is 53.1 cm³/mol. The standard InChI is InChI=1S/C10H12N4O/c1-2-4-7(3-1)9-11-10(13-12-9)8-5-6-15-14-8/h5-7H,1-4H2,(H,11,12,13). The van der Waals surface area contributed by atoms with Gasteiger partial charge >= 0.3 is 0 Å². The van der Waals surface area contributed by atoms with Crippen molar-refractivity contribution in [2.24, 2.45) is 0 Å². The summed E-state index contributed by atoms with van der Waals surface area (Å²) < 4.78 is 4.76. The zero-order valence-electron chi connectivity index (χ0n) is 8.31. The minimum Gasteiger partial charge on any atom is -0.364 e. The molecule has 1 aliphatic carbocycles. The molecule has 78 valence electrons. The van der Waals surface area contributed by atoms with Crippen LogP contribution in [0.3, 0.4) is 0 Å². The van der Waals surface area contributed by atoms with Crippen LogP contribution in [0.15, 0.2) is 16.9 Å². The van der Waals surface area contributed by atoms with Crippen LogP contribution < -0.4 is 0 Å². The van der Waals surface area contributed by atoms with E-state index in [0.717, 1.165) is 5.82 Å². The first-order valence-electron chi connectivity index (χ1n) is 5.26. The maximum absolute atomic E-state index is 4.76. The van der Waals surface area contributed by atoms with E-state index in [0.29, 0.717) is 17.4 Å². The summed E-state index contributed by atoms with van der Waals surface area (Å²) in [7, 11) is 0. The maximum Gasteiger partial charge on any atom is 0.203 e. The van der Waals surface area contributed by atoms with Gasteiger partial charge in [-0.1, -0.05) is 18.0 Å². The minimum atomic E-state index is 0.554. The van der Waals surface area contributed by atoms with E-state index in [-0.39, 0.29) is 0 Å². The fourth-order valence-electron chi connectivity index (χ4n) is 2.10. The highest BCUT2D eigenvalue weighted by Crippen LogP contribution is 2.32. The van der Waals surface area contributed by atoms with Crippen molar-refractivity contribution in [3.05, 3.63) is 18.2 Å². The number of hydrogen-bond acceptors (Lipinski definition) is 4. The molecule has 2 aromatic heterocycles. The number of nitrogens with one attached hydrogen (secondary N) is 1. The number of H-pyrrole nitrogens is 1. The van der Waals surface area contributed by atoms with Crippen LogP contribution in [0.25, 0.3) is 11.5 Å². The van der Waals surface area contributed by atoms with Crippen molar-refractivity contribution < 1.29 is 4.52 Å². The highest BCUT2D eigenvalue weighted by atomic mass is 16.5. The molecule has 3 rings (SSSR count). The van der Waals surface area contributed by atoms with Gasteiger partial charge in [-0.05, 0) is 12.8 Å². The first kappa shape index (κ1) is 8.64. The number of aromatic amines is 1. The largest absolute Gasteiger partial charge is 0.364 e. The number of aromatic nitrogens is 4. The molecule has 0 aromatic carbocycles. The molecule has 0 atom stereocenters. The molecule has 5 nitrogen and oxygen atoms in total. The first-order valence-corrected chi connectivity index (χ1v) is 5.26. The van der Waals surface area contributed by atoms with Crippen molar-refractivity contribution in [2.45, 2.75) is 31.6 Å². The van der Waals surface area contributed by atoms with Crippen LogP contribution in [0, 0.1) is 0 Å². The minimum absolute atomic E-state index is 0.554. The van der Waals surface area contributed by atoms with E-state index in [1.807, 2.05) is 0 Å². The van der Waals surface area contributed by atoms with E-state index in [4.69, 9.17) is 4.52 Å². The van der Waals surface area contributed by atoms with E-state index < -0.39 is 0 Å². The Labute approximate surface area is 86.9 Å². The van der Waals surface area contributed by atoms with Crippen LogP contribution in [-0.2, 0) is 0 Å². The van der Waals surface area contributed by atoms with Crippen molar-refractivity contribution >= 4 is 0 Å². The molecule has 1 aliphatic rings. The summed E-state index contributed by atoms with van der Waals surface area (Å²) in [4.78, 5) is 4.45. The highest BCUT2D eigenvalue weighted by Gasteiger charge is 2.21. The van der Waals surface area contributed by atoms with Gasteiger partial charge in [0.1, 0.15) is 12.1 Å². The molecule has 5 heteroatoms. The average Bonchev–Trinajstić information content (AvgIpc) is 3.02. The van der Waals surface area contributed by atoms with Gasteiger partial charge in [0, 0.05) is 12.0 Å². The molecular weight excluding hydrogens is 192 g/mol. The second kappa shape index (κ2) is 3.49. The van der Waals surface area contributed by atoms with E-state index >= 15 is 0 Å². The molecule has 0 unspecified atom stereocenters. The van der Waals surface area contributed by atoms with Crippen molar-refractivity contribution in [1.29, 1.82) is 0 Å². The Kier molecular flexibility index (Phi) is 2.01. The molecule has 0 amide bonds. The van der Waals surface area contributed by atoms with Crippen LogP contribution in [0.5, 0.6) is 0 Å². The van der Waals surface area contributed by atoms with Gasteiger partial charge in [0.25, 0.3) is 0 Å². The topological polar surface area (TPSA) is 67.6 Å². The second-order valence-corrected chi connectivity index (χ2v) is 3.91. The van der Waals surface area contributed by atoms with Crippen LogP contribution in [0.4, 0.5) is 0 Å². The van der Waals surface area contributed by atoms with Gasteiger partial charge in [-0.15, -0.1) is 0 Å². The normalized spacial score (nSPS) is 17.3. The third kappa shape index (κ3) is 1.54. The maximum atomic E-state index is 4.76. The van der Waals surface area contributed by atoms with Gasteiger partial charge in [0.2, 0.25) is 5.82 Å². The smallest absolute Gasteiger partial charge is 0.203 e. The highest BCUT2D eigenvalue weighted by molar-refractivity contribution is 5.46. The summed E-state index contributed by atoms with van der Waals surface area (Å²) in [6.07, 6.45) is 6.55. The first-order chi connectivity index (χ1) is 7.43. The fraction of sp³-hybridized carbons (Fsp3) is 0.500. The molecule has 2 aromatic rings. The Morgan fingerprint density at radius 2 is 2.20 bits per heavy atom. The zero-order valence-corrected chi connectivity index (χ0v) is 8.31. The SMILES string of the molecule is c1cc(-c2n[nH]c(C3CCCC3)n2)no1. The Morgan fingerprint density at radius 1 is 1.33 bits per heavy atom. The van der Waals surface area contributed by atoms with Crippen molar-refractivity contribution in [1.82, 2.24) is 20.3 Å². The van der Waals surface area contributed by atoms with Gasteiger partial charge in [-0.25, -0.2) is 4.98 Å². The van der Waals surface area contributed by atoms with E-state index in [1.54, 1.807) is 6.07 Å². The second-order valence-electron chi connectivity index (χ2n) is 3.91. The molecule has 0 aliphatic heterocycles. The fourth-order valence-corrected chi connectivity index (χ4v) is 2.10. The van der Waals surface area contributed by atoms with E-state index in [1.165, 1.54) is 31.9 Å². The lowest BCUT2D eigenvalue weighted by Gasteiger charge is -2.01. The summed E-state index contributed by atoms with van der Waals surface area (Å²) in [5.41, 5.74) is 0.690. The number of nitrogens with zero attached hydrogens (tertiary/aromatic N) is 3.